The van der Waals surface area contributed by atoms with Crippen LogP contribution in [-0.2, 0) is 13.9 Å². The average molecular weight is 229 g/mol. The third-order valence-electron chi connectivity index (χ3n) is 1.44. The van der Waals surface area contributed by atoms with Crippen LogP contribution in [-0.4, -0.2) is 17.7 Å². The highest BCUT2D eigenvalue weighted by atomic mass is 31.1. The fraction of sp³-hybridized carbons (Fsp3) is 0.222. The van der Waals surface area contributed by atoms with E-state index in [2.05, 4.69) is 4.52 Å². The number of carbonyl (C=O) groups is 1. The number of hydrogen-bond donors (Lipinski definition) is 1. The molecule has 1 aromatic rings. The molecule has 0 amide bonds. The van der Waals surface area contributed by atoms with E-state index >= 15 is 0 Å². The second-order valence-electron chi connectivity index (χ2n) is 2.60. The topological polar surface area (TPSA) is 72.8 Å². The van der Waals surface area contributed by atoms with Gasteiger partial charge in [-0.15, -0.1) is 4.52 Å². The molecule has 1 atom stereocenters. The molecule has 5 nitrogen and oxygen atoms in total. The molecule has 80 valence electrons. The maximum atomic E-state index is 11.1. The van der Waals surface area contributed by atoms with E-state index in [-0.39, 0.29) is 13.0 Å². The maximum absolute atomic E-state index is 11.1. The Kier molecular flexibility index (Phi) is 4.74. The Morgan fingerprint density at radius 1 is 1.33 bits per heavy atom. The number of rotatable bonds is 6. The molecule has 0 heterocycles. The predicted octanol–water partition coefficient (Wildman–Crippen LogP) is 2.21. The Morgan fingerprint density at radius 3 is 2.60 bits per heavy atom. The van der Waals surface area contributed by atoms with Crippen molar-refractivity contribution in [2.45, 2.75) is 6.42 Å². The molecule has 0 radical (unpaired) electrons. The summed E-state index contributed by atoms with van der Waals surface area (Å²) < 4.78 is 20.7. The van der Waals surface area contributed by atoms with Gasteiger partial charge in [0.05, 0.1) is 6.42 Å². The summed E-state index contributed by atoms with van der Waals surface area (Å²) in [6.45, 7) is -0.128. The lowest BCUT2D eigenvalue weighted by molar-refractivity contribution is -0.137. The van der Waals surface area contributed by atoms with Crippen LogP contribution in [0.2, 0.25) is 0 Å². The molecule has 0 spiro atoms. The van der Waals surface area contributed by atoms with Crippen LogP contribution in [0.3, 0.4) is 0 Å². The molecule has 0 aliphatic rings. The second kappa shape index (κ2) is 6.11. The third-order valence-corrected chi connectivity index (χ3v) is 2.19. The van der Waals surface area contributed by atoms with Crippen molar-refractivity contribution < 1.29 is 23.5 Å². The zero-order valence-electron chi connectivity index (χ0n) is 7.83. The van der Waals surface area contributed by atoms with Gasteiger partial charge >= 0.3 is 14.2 Å². The molecule has 0 aliphatic carbocycles. The van der Waals surface area contributed by atoms with Crippen LogP contribution in [0.15, 0.2) is 30.3 Å². The first-order chi connectivity index (χ1) is 7.18. The molecule has 6 heteroatoms. The van der Waals surface area contributed by atoms with Crippen molar-refractivity contribution in [2.75, 3.05) is 6.61 Å². The van der Waals surface area contributed by atoms with E-state index in [1.165, 1.54) is 0 Å². The molecule has 0 aromatic heterocycles. The summed E-state index contributed by atoms with van der Waals surface area (Å²) in [5, 5.41) is 8.30. The van der Waals surface area contributed by atoms with Crippen molar-refractivity contribution in [3.63, 3.8) is 0 Å². The SMILES string of the molecule is O=C(O)CCO[P+](=O)Oc1ccccc1. The van der Waals surface area contributed by atoms with Crippen LogP contribution in [0.1, 0.15) is 6.42 Å². The Balaban J connectivity index is 2.28. The van der Waals surface area contributed by atoms with Gasteiger partial charge in [-0.05, 0) is 12.1 Å². The van der Waals surface area contributed by atoms with Gasteiger partial charge in [-0.2, -0.15) is 0 Å². The monoisotopic (exact) mass is 229 g/mol. The standard InChI is InChI=1S/C9H9O5P/c10-9(11)6-7-13-15(12)14-8-4-2-1-3-5-8/h1-5H,6-7H2/p+1. The lowest BCUT2D eigenvalue weighted by atomic mass is 10.3. The Labute approximate surface area is 87.6 Å². The summed E-state index contributed by atoms with van der Waals surface area (Å²) in [6.07, 6.45) is -0.195. The first kappa shape index (κ1) is 11.6. The van der Waals surface area contributed by atoms with Crippen molar-refractivity contribution in [1.82, 2.24) is 0 Å². The number of benzene rings is 1. The number of carboxylic acids is 1. The van der Waals surface area contributed by atoms with Crippen molar-refractivity contribution in [3.05, 3.63) is 30.3 Å². The third kappa shape index (κ3) is 5.10. The van der Waals surface area contributed by atoms with Crippen LogP contribution >= 0.6 is 8.25 Å². The summed E-state index contributed by atoms with van der Waals surface area (Å²) in [4.78, 5) is 10.1. The molecular weight excluding hydrogens is 219 g/mol. The quantitative estimate of drug-likeness (QED) is 0.757. The molecule has 1 unspecified atom stereocenters. The summed E-state index contributed by atoms with van der Waals surface area (Å²) in [5.74, 6) is -0.577. The zero-order chi connectivity index (χ0) is 11.1. The molecule has 1 N–H and O–H groups in total. The molecule has 0 aliphatic heterocycles. The Morgan fingerprint density at radius 2 is 2.00 bits per heavy atom. The van der Waals surface area contributed by atoms with Crippen molar-refractivity contribution in [1.29, 1.82) is 0 Å². The van der Waals surface area contributed by atoms with Gasteiger partial charge in [-0.3, -0.25) is 4.79 Å². The Hall–Kier alpha value is -1.45. The first-order valence-electron chi connectivity index (χ1n) is 4.23. The lowest BCUT2D eigenvalue weighted by Gasteiger charge is -1.91. The van der Waals surface area contributed by atoms with E-state index in [0.717, 1.165) is 0 Å². The predicted molar refractivity (Wildman–Crippen MR) is 52.9 cm³/mol. The van der Waals surface area contributed by atoms with Gasteiger partial charge in [0, 0.05) is 4.57 Å². The second-order valence-corrected chi connectivity index (χ2v) is 3.49. The van der Waals surface area contributed by atoms with E-state index in [0.29, 0.717) is 5.75 Å². The highest BCUT2D eigenvalue weighted by molar-refractivity contribution is 7.33. The van der Waals surface area contributed by atoms with Crippen molar-refractivity contribution in [2.24, 2.45) is 0 Å². The minimum atomic E-state index is -2.30. The minimum Gasteiger partial charge on any atom is -0.481 e. The summed E-state index contributed by atoms with van der Waals surface area (Å²) in [7, 11) is -2.30. The number of aliphatic carboxylic acids is 1. The molecule has 0 saturated heterocycles. The summed E-state index contributed by atoms with van der Waals surface area (Å²) >= 11 is 0. The fourth-order valence-electron chi connectivity index (χ4n) is 0.801. The van der Waals surface area contributed by atoms with E-state index in [1.807, 2.05) is 0 Å². The van der Waals surface area contributed by atoms with Gasteiger partial charge in [0.15, 0.2) is 5.75 Å². The summed E-state index contributed by atoms with van der Waals surface area (Å²) in [5.41, 5.74) is 0. The number of hydrogen-bond acceptors (Lipinski definition) is 4. The van der Waals surface area contributed by atoms with Gasteiger partial charge < -0.3 is 5.11 Å². The van der Waals surface area contributed by atoms with Crippen LogP contribution in [0.4, 0.5) is 0 Å². The van der Waals surface area contributed by atoms with Crippen LogP contribution in [0.25, 0.3) is 0 Å². The number of para-hydroxylation sites is 1. The zero-order valence-corrected chi connectivity index (χ0v) is 8.72. The first-order valence-corrected chi connectivity index (χ1v) is 5.33. The molecule has 1 aromatic carbocycles. The number of carboxylic acid groups (broad SMARTS) is 1. The van der Waals surface area contributed by atoms with Gasteiger partial charge in [0.2, 0.25) is 0 Å². The normalized spacial score (nSPS) is 10.8. The highest BCUT2D eigenvalue weighted by Crippen LogP contribution is 2.27. The maximum Gasteiger partial charge on any atom is 0.750 e. The molecule has 0 bridgehead atoms. The fourth-order valence-corrected chi connectivity index (χ4v) is 1.39. The van der Waals surface area contributed by atoms with Crippen molar-refractivity contribution >= 4 is 14.2 Å². The molecule has 0 saturated carbocycles. The van der Waals surface area contributed by atoms with E-state index in [4.69, 9.17) is 9.63 Å². The van der Waals surface area contributed by atoms with E-state index in [9.17, 15) is 9.36 Å². The van der Waals surface area contributed by atoms with E-state index < -0.39 is 14.2 Å². The molecule has 15 heavy (non-hydrogen) atoms. The van der Waals surface area contributed by atoms with Crippen molar-refractivity contribution in [3.8, 4) is 5.75 Å². The Bertz CT molecular complexity index is 338. The van der Waals surface area contributed by atoms with Gasteiger partial charge in [0.1, 0.15) is 6.61 Å². The average Bonchev–Trinajstić information content (AvgIpc) is 2.18. The van der Waals surface area contributed by atoms with Gasteiger partial charge in [-0.25, -0.2) is 4.52 Å². The van der Waals surface area contributed by atoms with Crippen LogP contribution < -0.4 is 4.52 Å². The van der Waals surface area contributed by atoms with Crippen LogP contribution in [0.5, 0.6) is 5.75 Å². The minimum absolute atomic E-state index is 0.128. The van der Waals surface area contributed by atoms with E-state index in [1.54, 1.807) is 30.3 Å². The van der Waals surface area contributed by atoms with Gasteiger partial charge in [0.25, 0.3) is 0 Å². The lowest BCUT2D eigenvalue weighted by Crippen LogP contribution is -1.99. The largest absolute Gasteiger partial charge is 0.750 e. The van der Waals surface area contributed by atoms with Gasteiger partial charge in [-0.1, -0.05) is 18.2 Å². The highest BCUT2D eigenvalue weighted by Gasteiger charge is 2.22. The van der Waals surface area contributed by atoms with Crippen LogP contribution in [0, 0.1) is 0 Å². The molecule has 0 fully saturated rings. The molecule has 1 rings (SSSR count). The summed E-state index contributed by atoms with van der Waals surface area (Å²) in [6, 6.07) is 8.53. The molecular formula is C9H10O5P+. The smallest absolute Gasteiger partial charge is 0.481 e.